The minimum absolute atomic E-state index is 0.429. The van der Waals surface area contributed by atoms with Gasteiger partial charge in [0.05, 0.1) is 0 Å². The summed E-state index contributed by atoms with van der Waals surface area (Å²) in [5.74, 6) is 0. The zero-order chi connectivity index (χ0) is 9.52. The van der Waals surface area contributed by atoms with Gasteiger partial charge in [-0.1, -0.05) is 19.1 Å². The smallest absolute Gasteiger partial charge is 0.0273 e. The number of likely N-dealkylation sites (N-methyl/N-ethyl adjacent to an activating group) is 1. The quantitative estimate of drug-likeness (QED) is 0.760. The lowest BCUT2D eigenvalue weighted by molar-refractivity contribution is 0.663. The highest BCUT2D eigenvalue weighted by Gasteiger charge is 1.91. The molecular weight excluding hydrogens is 160 g/mol. The van der Waals surface area contributed by atoms with Crippen LogP contribution in [-0.2, 0) is 0 Å². The van der Waals surface area contributed by atoms with E-state index in [1.807, 2.05) is 12.1 Å². The van der Waals surface area contributed by atoms with Crippen molar-refractivity contribution in [3.8, 4) is 0 Å². The molecule has 0 aliphatic rings. The second-order valence-electron chi connectivity index (χ2n) is 2.99. The Balaban J connectivity index is 2.49. The van der Waals surface area contributed by atoms with Gasteiger partial charge in [0, 0.05) is 18.4 Å². The van der Waals surface area contributed by atoms with Crippen molar-refractivity contribution in [2.24, 2.45) is 0 Å². The van der Waals surface area contributed by atoms with Crippen LogP contribution in [0.2, 0.25) is 0 Å². The van der Waals surface area contributed by atoms with Gasteiger partial charge in [-0.2, -0.15) is 0 Å². The van der Waals surface area contributed by atoms with Crippen molar-refractivity contribution in [3.63, 3.8) is 0 Å². The van der Waals surface area contributed by atoms with Crippen LogP contribution in [0.4, 0.5) is 0 Å². The molecule has 1 aromatic heterocycles. The topological polar surface area (TPSA) is 24.9 Å². The Morgan fingerprint density at radius 3 is 2.77 bits per heavy atom. The number of nitrogens with zero attached hydrogens (tertiary/aromatic N) is 1. The molecule has 0 saturated heterocycles. The van der Waals surface area contributed by atoms with Gasteiger partial charge >= 0.3 is 0 Å². The molecule has 0 spiro atoms. The lowest BCUT2D eigenvalue weighted by Gasteiger charge is -2.05. The second kappa shape index (κ2) is 5.49. The van der Waals surface area contributed by atoms with Crippen molar-refractivity contribution in [2.75, 3.05) is 6.54 Å². The van der Waals surface area contributed by atoms with Crippen molar-refractivity contribution in [1.82, 2.24) is 10.3 Å². The molecule has 0 amide bonds. The number of hydrogen-bond acceptors (Lipinski definition) is 2. The van der Waals surface area contributed by atoms with Crippen LogP contribution in [0.5, 0.6) is 0 Å². The predicted molar refractivity (Wildman–Crippen MR) is 56.4 cm³/mol. The fourth-order valence-corrected chi connectivity index (χ4v) is 1.12. The average Bonchev–Trinajstić information content (AvgIpc) is 2.17. The SMILES string of the molecule is CCNC(C)/C=C/c1ccncc1. The number of aromatic nitrogens is 1. The van der Waals surface area contributed by atoms with Crippen LogP contribution >= 0.6 is 0 Å². The molecule has 0 aromatic carbocycles. The van der Waals surface area contributed by atoms with Crippen LogP contribution in [0.1, 0.15) is 19.4 Å². The van der Waals surface area contributed by atoms with E-state index in [0.29, 0.717) is 6.04 Å². The summed E-state index contributed by atoms with van der Waals surface area (Å²) >= 11 is 0. The Hall–Kier alpha value is -1.15. The van der Waals surface area contributed by atoms with Gasteiger partial charge in [-0.25, -0.2) is 0 Å². The molecule has 0 fully saturated rings. The summed E-state index contributed by atoms with van der Waals surface area (Å²) in [6.07, 6.45) is 7.86. The largest absolute Gasteiger partial charge is 0.311 e. The third kappa shape index (κ3) is 3.85. The Kier molecular flexibility index (Phi) is 4.19. The standard InChI is InChI=1S/C11H16N2/c1-3-13-10(2)4-5-11-6-8-12-9-7-11/h4-10,13H,3H2,1-2H3/b5-4+. The predicted octanol–water partition coefficient (Wildman–Crippen LogP) is 2.09. The summed E-state index contributed by atoms with van der Waals surface area (Å²) in [6, 6.07) is 4.42. The first-order valence-corrected chi connectivity index (χ1v) is 4.64. The molecule has 2 heteroatoms. The average molecular weight is 176 g/mol. The summed E-state index contributed by atoms with van der Waals surface area (Å²) in [7, 11) is 0. The van der Waals surface area contributed by atoms with Gasteiger partial charge in [0.2, 0.25) is 0 Å². The number of pyridine rings is 1. The van der Waals surface area contributed by atoms with E-state index in [0.717, 1.165) is 6.54 Å². The minimum Gasteiger partial charge on any atom is -0.311 e. The van der Waals surface area contributed by atoms with Crippen molar-refractivity contribution in [1.29, 1.82) is 0 Å². The van der Waals surface area contributed by atoms with E-state index in [-0.39, 0.29) is 0 Å². The van der Waals surface area contributed by atoms with E-state index in [9.17, 15) is 0 Å². The number of hydrogen-bond donors (Lipinski definition) is 1. The summed E-state index contributed by atoms with van der Waals surface area (Å²) in [4.78, 5) is 3.96. The lowest BCUT2D eigenvalue weighted by Crippen LogP contribution is -2.22. The fourth-order valence-electron chi connectivity index (χ4n) is 1.12. The van der Waals surface area contributed by atoms with Crippen molar-refractivity contribution < 1.29 is 0 Å². The number of rotatable bonds is 4. The van der Waals surface area contributed by atoms with Gasteiger partial charge in [0.15, 0.2) is 0 Å². The molecule has 13 heavy (non-hydrogen) atoms. The first-order chi connectivity index (χ1) is 6.33. The molecule has 0 radical (unpaired) electrons. The molecule has 1 atom stereocenters. The first-order valence-electron chi connectivity index (χ1n) is 4.64. The molecule has 0 bridgehead atoms. The normalized spacial score (nSPS) is 13.4. The van der Waals surface area contributed by atoms with Gasteiger partial charge in [0.25, 0.3) is 0 Å². The zero-order valence-corrected chi connectivity index (χ0v) is 8.20. The van der Waals surface area contributed by atoms with Crippen LogP contribution in [0, 0.1) is 0 Å². The highest BCUT2D eigenvalue weighted by Crippen LogP contribution is 1.99. The summed E-state index contributed by atoms with van der Waals surface area (Å²) < 4.78 is 0. The number of nitrogens with one attached hydrogen (secondary N) is 1. The molecule has 1 heterocycles. The maximum absolute atomic E-state index is 3.96. The highest BCUT2D eigenvalue weighted by molar-refractivity contribution is 5.48. The van der Waals surface area contributed by atoms with E-state index in [4.69, 9.17) is 0 Å². The Bertz CT molecular complexity index is 254. The van der Waals surface area contributed by atoms with E-state index < -0.39 is 0 Å². The summed E-state index contributed by atoms with van der Waals surface area (Å²) in [5, 5.41) is 3.31. The van der Waals surface area contributed by atoms with Gasteiger partial charge in [0.1, 0.15) is 0 Å². The van der Waals surface area contributed by atoms with Crippen LogP contribution in [0.3, 0.4) is 0 Å². The van der Waals surface area contributed by atoms with E-state index in [2.05, 4.69) is 36.3 Å². The molecule has 1 aromatic rings. The third-order valence-corrected chi connectivity index (χ3v) is 1.81. The summed E-state index contributed by atoms with van der Waals surface area (Å²) in [5.41, 5.74) is 1.19. The van der Waals surface area contributed by atoms with Crippen molar-refractivity contribution >= 4 is 6.08 Å². The molecule has 0 aliphatic carbocycles. The first kappa shape index (κ1) is 9.93. The maximum atomic E-state index is 3.96. The van der Waals surface area contributed by atoms with E-state index in [1.165, 1.54) is 5.56 Å². The van der Waals surface area contributed by atoms with E-state index in [1.54, 1.807) is 12.4 Å². The van der Waals surface area contributed by atoms with Crippen LogP contribution in [0.15, 0.2) is 30.6 Å². The molecule has 1 rings (SSSR count). The molecule has 0 saturated carbocycles. The molecule has 70 valence electrons. The fraction of sp³-hybridized carbons (Fsp3) is 0.364. The maximum Gasteiger partial charge on any atom is 0.0273 e. The van der Waals surface area contributed by atoms with Crippen molar-refractivity contribution in [3.05, 3.63) is 36.2 Å². The third-order valence-electron chi connectivity index (χ3n) is 1.81. The lowest BCUT2D eigenvalue weighted by atomic mass is 10.2. The molecule has 1 N–H and O–H groups in total. The minimum atomic E-state index is 0.429. The van der Waals surface area contributed by atoms with Crippen LogP contribution in [0.25, 0.3) is 6.08 Å². The van der Waals surface area contributed by atoms with Crippen molar-refractivity contribution in [2.45, 2.75) is 19.9 Å². The Morgan fingerprint density at radius 2 is 2.15 bits per heavy atom. The van der Waals surface area contributed by atoms with Gasteiger partial charge in [-0.3, -0.25) is 4.98 Å². The molecule has 1 unspecified atom stereocenters. The van der Waals surface area contributed by atoms with Crippen LogP contribution < -0.4 is 5.32 Å². The van der Waals surface area contributed by atoms with Gasteiger partial charge in [-0.15, -0.1) is 0 Å². The molecule has 0 aliphatic heterocycles. The molecular formula is C11H16N2. The zero-order valence-electron chi connectivity index (χ0n) is 8.20. The summed E-state index contributed by atoms with van der Waals surface area (Å²) in [6.45, 7) is 5.25. The highest BCUT2D eigenvalue weighted by atomic mass is 14.9. The van der Waals surface area contributed by atoms with Gasteiger partial charge < -0.3 is 5.32 Å². The van der Waals surface area contributed by atoms with E-state index >= 15 is 0 Å². The Labute approximate surface area is 79.7 Å². The Morgan fingerprint density at radius 1 is 1.46 bits per heavy atom. The monoisotopic (exact) mass is 176 g/mol. The second-order valence-corrected chi connectivity index (χ2v) is 2.99. The molecule has 2 nitrogen and oxygen atoms in total. The van der Waals surface area contributed by atoms with Crippen LogP contribution in [-0.4, -0.2) is 17.6 Å². The van der Waals surface area contributed by atoms with Gasteiger partial charge in [-0.05, 0) is 31.2 Å².